The van der Waals surface area contributed by atoms with E-state index in [-0.39, 0.29) is 29.5 Å². The fraction of sp³-hybridized carbons (Fsp3) is 0.538. The molecule has 1 aromatic rings. The first-order chi connectivity index (χ1) is 10.7. The summed E-state index contributed by atoms with van der Waals surface area (Å²) in [4.78, 5) is 15.7. The van der Waals surface area contributed by atoms with Crippen molar-refractivity contribution in [2.75, 3.05) is 24.7 Å². The number of amides is 1. The second kappa shape index (κ2) is 6.73. The van der Waals surface area contributed by atoms with Gasteiger partial charge in [-0.15, -0.1) is 0 Å². The Morgan fingerprint density at radius 3 is 2.78 bits per heavy atom. The van der Waals surface area contributed by atoms with E-state index >= 15 is 0 Å². The lowest BCUT2D eigenvalue weighted by Crippen LogP contribution is -2.30. The van der Waals surface area contributed by atoms with Gasteiger partial charge in [-0.05, 0) is 24.5 Å². The van der Waals surface area contributed by atoms with Gasteiger partial charge in [-0.3, -0.25) is 4.79 Å². The van der Waals surface area contributed by atoms with Crippen LogP contribution in [0.3, 0.4) is 0 Å². The van der Waals surface area contributed by atoms with Gasteiger partial charge in [0.1, 0.15) is 5.56 Å². The summed E-state index contributed by atoms with van der Waals surface area (Å²) in [6.07, 6.45) is -2.87. The van der Waals surface area contributed by atoms with Crippen molar-refractivity contribution in [3.63, 3.8) is 0 Å². The molecule has 0 saturated carbocycles. The smallest absolute Gasteiger partial charge is 0.422 e. The van der Waals surface area contributed by atoms with Gasteiger partial charge in [0.05, 0.1) is 11.5 Å². The molecule has 1 atom stereocenters. The maximum absolute atomic E-state index is 12.2. The predicted molar refractivity (Wildman–Crippen MR) is 74.9 cm³/mol. The van der Waals surface area contributed by atoms with Crippen LogP contribution in [0.5, 0.6) is 5.88 Å². The van der Waals surface area contributed by atoms with Gasteiger partial charge in [0, 0.05) is 12.7 Å². The first-order valence-electron chi connectivity index (χ1n) is 6.79. The molecule has 0 bridgehead atoms. The van der Waals surface area contributed by atoms with Crippen molar-refractivity contribution >= 4 is 15.7 Å². The van der Waals surface area contributed by atoms with Gasteiger partial charge < -0.3 is 10.1 Å². The molecule has 1 aliphatic rings. The number of carbonyl (C=O) groups excluding carboxylic acids is 1. The topological polar surface area (TPSA) is 85.4 Å². The molecule has 0 aromatic carbocycles. The van der Waals surface area contributed by atoms with Gasteiger partial charge in [0.15, 0.2) is 16.4 Å². The Hall–Kier alpha value is -1.84. The van der Waals surface area contributed by atoms with Crippen LogP contribution in [0.25, 0.3) is 0 Å². The number of hydrogen-bond acceptors (Lipinski definition) is 5. The summed E-state index contributed by atoms with van der Waals surface area (Å²) in [5.74, 6) is -1.18. The van der Waals surface area contributed by atoms with Gasteiger partial charge in [-0.1, -0.05) is 0 Å². The van der Waals surface area contributed by atoms with Crippen LogP contribution in [0, 0.1) is 5.92 Å². The summed E-state index contributed by atoms with van der Waals surface area (Å²) in [5, 5.41) is 2.51. The molecule has 1 fully saturated rings. The molecular weight excluding hydrogens is 337 g/mol. The molecule has 128 valence electrons. The van der Waals surface area contributed by atoms with Crippen molar-refractivity contribution in [2.24, 2.45) is 5.92 Å². The number of ether oxygens (including phenoxy) is 1. The van der Waals surface area contributed by atoms with Crippen LogP contribution in [-0.2, 0) is 9.84 Å². The quantitative estimate of drug-likeness (QED) is 0.860. The summed E-state index contributed by atoms with van der Waals surface area (Å²) < 4.78 is 63.8. The molecule has 1 unspecified atom stereocenters. The Balaban J connectivity index is 1.96. The minimum absolute atomic E-state index is 0.00223. The maximum atomic E-state index is 12.2. The average Bonchev–Trinajstić information content (AvgIpc) is 2.81. The van der Waals surface area contributed by atoms with Crippen LogP contribution in [0.1, 0.15) is 16.8 Å². The monoisotopic (exact) mass is 352 g/mol. The van der Waals surface area contributed by atoms with Crippen LogP contribution in [-0.4, -0.2) is 50.1 Å². The summed E-state index contributed by atoms with van der Waals surface area (Å²) >= 11 is 0. The second-order valence-electron chi connectivity index (χ2n) is 5.24. The summed E-state index contributed by atoms with van der Waals surface area (Å²) in [5.41, 5.74) is -0.127. The van der Waals surface area contributed by atoms with Crippen molar-refractivity contribution in [1.29, 1.82) is 0 Å². The number of nitrogens with zero attached hydrogens (tertiary/aromatic N) is 1. The molecule has 0 aliphatic carbocycles. The molecule has 2 heterocycles. The summed E-state index contributed by atoms with van der Waals surface area (Å²) in [7, 11) is -3.05. The summed E-state index contributed by atoms with van der Waals surface area (Å²) in [6, 6.07) is 2.69. The molecule has 10 heteroatoms. The fourth-order valence-electron chi connectivity index (χ4n) is 2.19. The minimum atomic E-state index is -4.54. The Morgan fingerprint density at radius 1 is 1.43 bits per heavy atom. The number of alkyl halides is 3. The van der Waals surface area contributed by atoms with Crippen molar-refractivity contribution in [3.8, 4) is 5.88 Å². The highest BCUT2D eigenvalue weighted by Crippen LogP contribution is 2.21. The molecule has 1 saturated heterocycles. The third-order valence-corrected chi connectivity index (χ3v) is 5.10. The van der Waals surface area contributed by atoms with Crippen LogP contribution >= 0.6 is 0 Å². The maximum Gasteiger partial charge on any atom is 0.422 e. The van der Waals surface area contributed by atoms with E-state index in [9.17, 15) is 26.4 Å². The van der Waals surface area contributed by atoms with Crippen molar-refractivity contribution in [2.45, 2.75) is 12.6 Å². The van der Waals surface area contributed by atoms with E-state index in [1.54, 1.807) is 0 Å². The molecule has 0 spiro atoms. The number of hydrogen-bond donors (Lipinski definition) is 1. The lowest BCUT2D eigenvalue weighted by molar-refractivity contribution is -0.154. The SMILES string of the molecule is O=C(NCC1CCS(=O)(=O)C1)c1cccnc1OCC(F)(F)F. The standard InChI is InChI=1S/C13H15F3N2O4S/c14-13(15,16)8-22-12-10(2-1-4-17-12)11(19)18-6-9-3-5-23(20,21)7-9/h1-2,4,9H,3,5-8H2,(H,18,19). The Morgan fingerprint density at radius 2 is 2.17 bits per heavy atom. The minimum Gasteiger partial charge on any atom is -0.467 e. The number of pyridine rings is 1. The average molecular weight is 352 g/mol. The number of carbonyl (C=O) groups is 1. The van der Waals surface area contributed by atoms with Crippen LogP contribution in [0.15, 0.2) is 18.3 Å². The summed E-state index contributed by atoms with van der Waals surface area (Å²) in [6.45, 7) is -1.42. The zero-order valence-corrected chi connectivity index (χ0v) is 12.8. The van der Waals surface area contributed by atoms with E-state index in [1.807, 2.05) is 0 Å². The Bertz CT molecular complexity index is 676. The molecular formula is C13H15F3N2O4S. The number of sulfone groups is 1. The second-order valence-corrected chi connectivity index (χ2v) is 7.47. The van der Waals surface area contributed by atoms with E-state index in [0.29, 0.717) is 6.42 Å². The first-order valence-corrected chi connectivity index (χ1v) is 8.61. The highest BCUT2D eigenvalue weighted by Gasteiger charge is 2.30. The molecule has 6 nitrogen and oxygen atoms in total. The third kappa shape index (κ3) is 5.38. The zero-order chi connectivity index (χ0) is 17.1. The van der Waals surface area contributed by atoms with Gasteiger partial charge in [0.25, 0.3) is 5.91 Å². The van der Waals surface area contributed by atoms with Gasteiger partial charge in [-0.25, -0.2) is 13.4 Å². The van der Waals surface area contributed by atoms with E-state index in [2.05, 4.69) is 15.0 Å². The highest BCUT2D eigenvalue weighted by atomic mass is 32.2. The zero-order valence-electron chi connectivity index (χ0n) is 12.0. The van der Waals surface area contributed by atoms with Crippen molar-refractivity contribution < 1.29 is 31.1 Å². The lowest BCUT2D eigenvalue weighted by atomic mass is 10.1. The Labute approximate surface area is 131 Å². The number of halogens is 3. The molecule has 1 N–H and O–H groups in total. The predicted octanol–water partition coefficient (Wildman–Crippen LogP) is 1.19. The van der Waals surface area contributed by atoms with Crippen molar-refractivity contribution in [3.05, 3.63) is 23.9 Å². The van der Waals surface area contributed by atoms with E-state index < -0.39 is 34.4 Å². The van der Waals surface area contributed by atoms with Crippen LogP contribution < -0.4 is 10.1 Å². The highest BCUT2D eigenvalue weighted by molar-refractivity contribution is 7.91. The number of rotatable bonds is 5. The van der Waals surface area contributed by atoms with Crippen LogP contribution in [0.4, 0.5) is 13.2 Å². The number of nitrogens with one attached hydrogen (secondary N) is 1. The van der Waals surface area contributed by atoms with Crippen LogP contribution in [0.2, 0.25) is 0 Å². The molecule has 1 aliphatic heterocycles. The van der Waals surface area contributed by atoms with E-state index in [1.165, 1.54) is 18.3 Å². The van der Waals surface area contributed by atoms with Gasteiger partial charge in [0.2, 0.25) is 5.88 Å². The first kappa shape index (κ1) is 17.5. The third-order valence-electron chi connectivity index (χ3n) is 3.27. The molecule has 1 aromatic heterocycles. The molecule has 1 amide bonds. The lowest BCUT2D eigenvalue weighted by Gasteiger charge is -2.13. The van der Waals surface area contributed by atoms with E-state index in [4.69, 9.17) is 0 Å². The largest absolute Gasteiger partial charge is 0.467 e. The Kier molecular flexibility index (Phi) is 5.12. The van der Waals surface area contributed by atoms with Crippen molar-refractivity contribution in [1.82, 2.24) is 10.3 Å². The van der Waals surface area contributed by atoms with Gasteiger partial charge >= 0.3 is 6.18 Å². The van der Waals surface area contributed by atoms with Gasteiger partial charge in [-0.2, -0.15) is 13.2 Å². The normalized spacial score (nSPS) is 20.2. The van der Waals surface area contributed by atoms with E-state index in [0.717, 1.165) is 0 Å². The molecule has 23 heavy (non-hydrogen) atoms. The molecule has 0 radical (unpaired) electrons. The fourth-order valence-corrected chi connectivity index (χ4v) is 4.06. The number of aromatic nitrogens is 1. The molecule has 2 rings (SSSR count).